The van der Waals surface area contributed by atoms with Gasteiger partial charge in [0.25, 0.3) is 0 Å². The van der Waals surface area contributed by atoms with Crippen molar-refractivity contribution < 1.29 is 5.11 Å². The average molecular weight is 153 g/mol. The van der Waals surface area contributed by atoms with E-state index in [1.807, 2.05) is 18.9 Å². The molecule has 0 rings (SSSR count). The van der Waals surface area contributed by atoms with Gasteiger partial charge in [-0.2, -0.15) is 0 Å². The van der Waals surface area contributed by atoms with Gasteiger partial charge in [0, 0.05) is 0 Å². The van der Waals surface area contributed by atoms with Gasteiger partial charge in [-0.25, -0.2) is 0 Å². The minimum absolute atomic E-state index is 0.00829. The van der Waals surface area contributed by atoms with Crippen molar-refractivity contribution >= 4 is 0 Å². The zero-order valence-corrected chi connectivity index (χ0v) is 7.17. The number of hydrogen-bond donors (Lipinski definition) is 1. The molecule has 1 unspecified atom stereocenters. The molecule has 0 saturated carbocycles. The molecule has 1 atom stereocenters. The minimum Gasteiger partial charge on any atom is -0.394 e. The highest BCUT2D eigenvalue weighted by Gasteiger charge is 2.12. The molecule has 0 aliphatic heterocycles. The molecule has 0 aromatic rings. The van der Waals surface area contributed by atoms with E-state index < -0.39 is 0 Å². The van der Waals surface area contributed by atoms with Crippen molar-refractivity contribution in [1.82, 2.24) is 4.90 Å². The van der Waals surface area contributed by atoms with Crippen molar-refractivity contribution in [2.45, 2.75) is 13.0 Å². The highest BCUT2D eigenvalue weighted by Crippen LogP contribution is 2.04. The lowest BCUT2D eigenvalue weighted by atomic mass is 10.1. The molecule has 0 spiro atoms. The SMILES string of the molecule is C#CCN(C)C(CO)C(=C)C. The molecule has 0 bridgehead atoms. The second-order valence-electron chi connectivity index (χ2n) is 2.66. The Bertz CT molecular complexity index is 169. The largest absolute Gasteiger partial charge is 0.394 e. The third kappa shape index (κ3) is 3.22. The Kier molecular flexibility index (Phi) is 4.60. The van der Waals surface area contributed by atoms with E-state index in [4.69, 9.17) is 11.5 Å². The maximum Gasteiger partial charge on any atom is 0.0625 e. The van der Waals surface area contributed by atoms with Crippen LogP contribution in [0.1, 0.15) is 6.92 Å². The predicted molar refractivity (Wildman–Crippen MR) is 47.2 cm³/mol. The van der Waals surface area contributed by atoms with Crippen LogP contribution in [-0.2, 0) is 0 Å². The molecule has 0 saturated heterocycles. The summed E-state index contributed by atoms with van der Waals surface area (Å²) in [7, 11) is 1.87. The summed E-state index contributed by atoms with van der Waals surface area (Å²) in [5, 5.41) is 8.92. The van der Waals surface area contributed by atoms with Crippen LogP contribution < -0.4 is 0 Å². The summed E-state index contributed by atoms with van der Waals surface area (Å²) in [6.07, 6.45) is 5.12. The number of rotatable bonds is 4. The normalized spacial score (nSPS) is 12.6. The number of hydrogen-bond acceptors (Lipinski definition) is 2. The fraction of sp³-hybridized carbons (Fsp3) is 0.556. The summed E-state index contributed by atoms with van der Waals surface area (Å²) in [6.45, 7) is 6.26. The van der Waals surface area contributed by atoms with E-state index in [1.54, 1.807) is 0 Å². The Hall–Kier alpha value is -0.780. The predicted octanol–water partition coefficient (Wildman–Crippen LogP) is 0.488. The molecular weight excluding hydrogens is 138 g/mol. The van der Waals surface area contributed by atoms with Gasteiger partial charge >= 0.3 is 0 Å². The van der Waals surface area contributed by atoms with Crippen LogP contribution >= 0.6 is 0 Å². The summed E-state index contributed by atoms with van der Waals surface area (Å²) in [6, 6.07) is -0.00829. The van der Waals surface area contributed by atoms with Gasteiger partial charge in [-0.1, -0.05) is 18.1 Å². The molecule has 0 aliphatic rings. The number of nitrogens with zero attached hydrogens (tertiary/aromatic N) is 1. The molecule has 0 heterocycles. The van der Waals surface area contributed by atoms with Crippen LogP contribution in [0.15, 0.2) is 12.2 Å². The lowest BCUT2D eigenvalue weighted by Crippen LogP contribution is -2.35. The van der Waals surface area contributed by atoms with Crippen LogP contribution in [0.5, 0.6) is 0 Å². The van der Waals surface area contributed by atoms with Crippen molar-refractivity contribution in [1.29, 1.82) is 0 Å². The van der Waals surface area contributed by atoms with Crippen molar-refractivity contribution in [3.8, 4) is 12.3 Å². The van der Waals surface area contributed by atoms with Crippen molar-refractivity contribution in [3.05, 3.63) is 12.2 Å². The van der Waals surface area contributed by atoms with E-state index >= 15 is 0 Å². The molecule has 62 valence electrons. The molecule has 11 heavy (non-hydrogen) atoms. The van der Waals surface area contributed by atoms with Gasteiger partial charge < -0.3 is 5.11 Å². The Labute approximate surface area is 68.5 Å². The smallest absolute Gasteiger partial charge is 0.0625 e. The van der Waals surface area contributed by atoms with Crippen LogP contribution in [-0.4, -0.2) is 36.2 Å². The maximum absolute atomic E-state index is 8.92. The molecular formula is C9H15NO. The fourth-order valence-corrected chi connectivity index (χ4v) is 0.926. The third-order valence-electron chi connectivity index (χ3n) is 1.61. The first-order valence-corrected chi connectivity index (χ1v) is 3.53. The van der Waals surface area contributed by atoms with Crippen LogP contribution in [0.3, 0.4) is 0 Å². The molecule has 2 heteroatoms. The number of likely N-dealkylation sites (N-methyl/N-ethyl adjacent to an activating group) is 1. The van der Waals surface area contributed by atoms with Crippen LogP contribution in [0.25, 0.3) is 0 Å². The van der Waals surface area contributed by atoms with Crippen LogP contribution in [0.2, 0.25) is 0 Å². The van der Waals surface area contributed by atoms with Crippen LogP contribution in [0, 0.1) is 12.3 Å². The average Bonchev–Trinajstić information content (AvgIpc) is 1.88. The van der Waals surface area contributed by atoms with Gasteiger partial charge in [-0.05, 0) is 14.0 Å². The van der Waals surface area contributed by atoms with Crippen molar-refractivity contribution in [2.24, 2.45) is 0 Å². The van der Waals surface area contributed by atoms with Crippen molar-refractivity contribution in [3.63, 3.8) is 0 Å². The summed E-state index contributed by atoms with van der Waals surface area (Å²) < 4.78 is 0. The maximum atomic E-state index is 8.92. The molecule has 0 aromatic carbocycles. The summed E-state index contributed by atoms with van der Waals surface area (Å²) in [5.74, 6) is 2.51. The van der Waals surface area contributed by atoms with Gasteiger partial charge in [0.05, 0.1) is 19.2 Å². The van der Waals surface area contributed by atoms with Gasteiger partial charge in [-0.3, -0.25) is 4.90 Å². The van der Waals surface area contributed by atoms with E-state index in [-0.39, 0.29) is 12.6 Å². The first-order chi connectivity index (χ1) is 5.13. The fourth-order valence-electron chi connectivity index (χ4n) is 0.926. The second kappa shape index (κ2) is 4.95. The minimum atomic E-state index is -0.00829. The highest BCUT2D eigenvalue weighted by molar-refractivity contribution is 5.03. The number of aliphatic hydroxyl groups excluding tert-OH is 1. The van der Waals surface area contributed by atoms with E-state index in [1.165, 1.54) is 0 Å². The highest BCUT2D eigenvalue weighted by atomic mass is 16.3. The molecule has 0 aliphatic carbocycles. The zero-order chi connectivity index (χ0) is 8.85. The number of terminal acetylenes is 1. The first-order valence-electron chi connectivity index (χ1n) is 3.53. The van der Waals surface area contributed by atoms with E-state index in [0.29, 0.717) is 6.54 Å². The Morgan fingerprint density at radius 1 is 1.82 bits per heavy atom. The van der Waals surface area contributed by atoms with Crippen molar-refractivity contribution in [2.75, 3.05) is 20.2 Å². The van der Waals surface area contributed by atoms with E-state index in [0.717, 1.165) is 5.57 Å². The molecule has 0 aromatic heterocycles. The first kappa shape index (κ1) is 10.2. The standard InChI is InChI=1S/C9H15NO/c1-5-6-10(4)9(7-11)8(2)3/h1,9,11H,2,6-7H2,3-4H3. The molecule has 0 fully saturated rings. The van der Waals surface area contributed by atoms with E-state index in [9.17, 15) is 0 Å². The quantitative estimate of drug-likeness (QED) is 0.469. The molecule has 0 radical (unpaired) electrons. The lowest BCUT2D eigenvalue weighted by molar-refractivity contribution is 0.182. The van der Waals surface area contributed by atoms with E-state index in [2.05, 4.69) is 12.5 Å². The lowest BCUT2D eigenvalue weighted by Gasteiger charge is -2.24. The summed E-state index contributed by atoms with van der Waals surface area (Å²) >= 11 is 0. The van der Waals surface area contributed by atoms with Gasteiger partial charge in [0.2, 0.25) is 0 Å². The summed E-state index contributed by atoms with van der Waals surface area (Å²) in [5.41, 5.74) is 0.935. The molecule has 0 amide bonds. The second-order valence-corrected chi connectivity index (χ2v) is 2.66. The van der Waals surface area contributed by atoms with Gasteiger partial charge in [0.1, 0.15) is 0 Å². The topological polar surface area (TPSA) is 23.5 Å². The third-order valence-corrected chi connectivity index (χ3v) is 1.61. The van der Waals surface area contributed by atoms with Gasteiger partial charge in [0.15, 0.2) is 0 Å². The Morgan fingerprint density at radius 3 is 2.64 bits per heavy atom. The monoisotopic (exact) mass is 153 g/mol. The number of aliphatic hydroxyl groups is 1. The molecule has 1 N–H and O–H groups in total. The van der Waals surface area contributed by atoms with Gasteiger partial charge in [-0.15, -0.1) is 6.42 Å². The zero-order valence-electron chi connectivity index (χ0n) is 7.17. The Balaban J connectivity index is 4.04. The summed E-state index contributed by atoms with van der Waals surface area (Å²) in [4.78, 5) is 1.89. The Morgan fingerprint density at radius 2 is 2.36 bits per heavy atom. The molecule has 2 nitrogen and oxygen atoms in total. The van der Waals surface area contributed by atoms with Crippen LogP contribution in [0.4, 0.5) is 0 Å².